The first-order chi connectivity index (χ1) is 15.2. The first kappa shape index (κ1) is 20.9. The van der Waals surface area contributed by atoms with Crippen LogP contribution in [-0.4, -0.2) is 39.8 Å². The Morgan fingerprint density at radius 2 is 2.00 bits per heavy atom. The van der Waals surface area contributed by atoms with E-state index in [1.807, 2.05) is 36.4 Å². The second kappa shape index (κ2) is 7.27. The number of thiazole rings is 1. The number of urea groups is 1. The minimum absolute atomic E-state index is 0.0529. The van der Waals surface area contributed by atoms with Crippen molar-refractivity contribution >= 4 is 55.3 Å². The number of rotatable bonds is 3. The normalized spacial score (nSPS) is 25.0. The van der Waals surface area contributed by atoms with E-state index < -0.39 is 17.5 Å². The fourth-order valence-corrected chi connectivity index (χ4v) is 6.57. The fraction of sp³-hybridized carbons (Fsp3) is 0.417. The number of carbonyl (C=O) groups is 3. The second-order valence-electron chi connectivity index (χ2n) is 9.96. The monoisotopic (exact) mass is 450 g/mol. The number of benzene rings is 2. The van der Waals surface area contributed by atoms with Crippen molar-refractivity contribution in [2.24, 2.45) is 11.3 Å². The van der Waals surface area contributed by atoms with E-state index >= 15 is 0 Å². The molecule has 1 aliphatic carbocycles. The lowest BCUT2D eigenvalue weighted by Gasteiger charge is -2.43. The zero-order valence-electron chi connectivity index (χ0n) is 18.4. The molecule has 1 aromatic heterocycles. The third-order valence-electron chi connectivity index (χ3n) is 6.46. The molecule has 1 saturated heterocycles. The van der Waals surface area contributed by atoms with Gasteiger partial charge in [0, 0.05) is 5.39 Å². The molecule has 2 fully saturated rings. The standard InChI is InChI=1S/C24H26N4O3S/c1-14-10-23(2,3)13-24(11-14)20(30)28(22(31)27-24)12-18(29)25-21-26-19-16-7-5-4-6-15(16)8-9-17(19)32-21/h4-9,14H,10-13H2,1-3H3,(H,27,31)(H,25,26,29). The highest BCUT2D eigenvalue weighted by Crippen LogP contribution is 2.46. The van der Waals surface area contributed by atoms with Gasteiger partial charge < -0.3 is 10.6 Å². The van der Waals surface area contributed by atoms with Crippen molar-refractivity contribution in [3.63, 3.8) is 0 Å². The number of anilines is 1. The van der Waals surface area contributed by atoms with E-state index in [1.54, 1.807) is 0 Å². The summed E-state index contributed by atoms with van der Waals surface area (Å²) in [4.78, 5) is 44.3. The second-order valence-corrected chi connectivity index (χ2v) is 11.0. The van der Waals surface area contributed by atoms with E-state index in [4.69, 9.17) is 0 Å². The molecular weight excluding hydrogens is 424 g/mol. The smallest absolute Gasteiger partial charge is 0.323 e. The number of amides is 4. The third-order valence-corrected chi connectivity index (χ3v) is 7.39. The van der Waals surface area contributed by atoms with Crippen LogP contribution in [0.15, 0.2) is 36.4 Å². The highest BCUT2D eigenvalue weighted by Gasteiger charge is 2.56. The van der Waals surface area contributed by atoms with Crippen LogP contribution in [0.25, 0.3) is 21.0 Å². The summed E-state index contributed by atoms with van der Waals surface area (Å²) < 4.78 is 0.964. The van der Waals surface area contributed by atoms with Crippen LogP contribution >= 0.6 is 11.3 Å². The summed E-state index contributed by atoms with van der Waals surface area (Å²) in [6, 6.07) is 11.5. The Hall–Kier alpha value is -3.00. The van der Waals surface area contributed by atoms with E-state index in [0.29, 0.717) is 23.9 Å². The molecule has 7 nitrogen and oxygen atoms in total. The van der Waals surface area contributed by atoms with Crippen LogP contribution in [0.5, 0.6) is 0 Å². The van der Waals surface area contributed by atoms with Gasteiger partial charge in [0.15, 0.2) is 5.13 Å². The van der Waals surface area contributed by atoms with Crippen molar-refractivity contribution in [1.29, 1.82) is 0 Å². The maximum absolute atomic E-state index is 13.3. The summed E-state index contributed by atoms with van der Waals surface area (Å²) in [5, 5.41) is 8.24. The average molecular weight is 451 g/mol. The number of imide groups is 1. The van der Waals surface area contributed by atoms with Gasteiger partial charge in [-0.3, -0.25) is 14.5 Å². The number of hydrogen-bond acceptors (Lipinski definition) is 5. The lowest BCUT2D eigenvalue weighted by atomic mass is 9.64. The van der Waals surface area contributed by atoms with Crippen LogP contribution in [0.4, 0.5) is 9.93 Å². The van der Waals surface area contributed by atoms with Crippen molar-refractivity contribution in [3.8, 4) is 0 Å². The molecule has 5 rings (SSSR count). The van der Waals surface area contributed by atoms with Gasteiger partial charge in [-0.1, -0.05) is 62.4 Å². The highest BCUT2D eigenvalue weighted by atomic mass is 32.1. The molecule has 32 heavy (non-hydrogen) atoms. The molecule has 2 N–H and O–H groups in total. The van der Waals surface area contributed by atoms with Crippen molar-refractivity contribution in [1.82, 2.24) is 15.2 Å². The highest BCUT2D eigenvalue weighted by molar-refractivity contribution is 7.22. The maximum Gasteiger partial charge on any atom is 0.325 e. The lowest BCUT2D eigenvalue weighted by Crippen LogP contribution is -2.54. The quantitative estimate of drug-likeness (QED) is 0.574. The molecule has 2 aliphatic rings. The molecule has 0 radical (unpaired) electrons. The summed E-state index contributed by atoms with van der Waals surface area (Å²) in [7, 11) is 0. The number of carbonyl (C=O) groups excluding carboxylic acids is 3. The van der Waals surface area contributed by atoms with Gasteiger partial charge >= 0.3 is 6.03 Å². The van der Waals surface area contributed by atoms with Crippen molar-refractivity contribution in [2.45, 2.75) is 45.6 Å². The summed E-state index contributed by atoms with van der Waals surface area (Å²) >= 11 is 1.37. The first-order valence-corrected chi connectivity index (χ1v) is 11.7. The zero-order chi connectivity index (χ0) is 22.7. The van der Waals surface area contributed by atoms with Crippen LogP contribution in [-0.2, 0) is 9.59 Å². The molecule has 4 amide bonds. The lowest BCUT2D eigenvalue weighted by molar-refractivity contribution is -0.136. The maximum atomic E-state index is 13.3. The molecule has 2 heterocycles. The molecule has 2 unspecified atom stereocenters. The molecule has 166 valence electrons. The van der Waals surface area contributed by atoms with Gasteiger partial charge in [0.2, 0.25) is 5.91 Å². The van der Waals surface area contributed by atoms with Gasteiger partial charge in [-0.25, -0.2) is 9.78 Å². The average Bonchev–Trinajstić information content (AvgIpc) is 3.20. The van der Waals surface area contributed by atoms with E-state index in [0.717, 1.165) is 32.3 Å². The Labute approximate surface area is 190 Å². The molecular formula is C24H26N4O3S. The fourth-order valence-electron chi connectivity index (χ4n) is 5.67. The summed E-state index contributed by atoms with van der Waals surface area (Å²) in [5.41, 5.74) is -0.133. The predicted molar refractivity (Wildman–Crippen MR) is 126 cm³/mol. The molecule has 1 aliphatic heterocycles. The Morgan fingerprint density at radius 3 is 2.78 bits per heavy atom. The predicted octanol–water partition coefficient (Wildman–Crippen LogP) is 4.52. The van der Waals surface area contributed by atoms with Gasteiger partial charge in [-0.15, -0.1) is 0 Å². The van der Waals surface area contributed by atoms with E-state index in [2.05, 4.69) is 36.4 Å². The van der Waals surface area contributed by atoms with Gasteiger partial charge in [0.25, 0.3) is 5.91 Å². The molecule has 0 bridgehead atoms. The van der Waals surface area contributed by atoms with E-state index in [9.17, 15) is 14.4 Å². The van der Waals surface area contributed by atoms with Gasteiger partial charge in [0.05, 0.1) is 10.2 Å². The van der Waals surface area contributed by atoms with Crippen LogP contribution < -0.4 is 10.6 Å². The van der Waals surface area contributed by atoms with Crippen molar-refractivity contribution in [2.75, 3.05) is 11.9 Å². The Balaban J connectivity index is 1.34. The molecule has 2 aromatic carbocycles. The number of hydrogen-bond donors (Lipinski definition) is 2. The van der Waals surface area contributed by atoms with Crippen LogP contribution in [0.3, 0.4) is 0 Å². The Kier molecular flexibility index (Phi) is 4.74. The number of fused-ring (bicyclic) bond motifs is 3. The van der Waals surface area contributed by atoms with Crippen LogP contribution in [0, 0.1) is 11.3 Å². The van der Waals surface area contributed by atoms with Crippen LogP contribution in [0.1, 0.15) is 40.0 Å². The molecule has 8 heteroatoms. The van der Waals surface area contributed by atoms with E-state index in [1.165, 1.54) is 11.3 Å². The third kappa shape index (κ3) is 3.52. The molecule has 1 saturated carbocycles. The van der Waals surface area contributed by atoms with Gasteiger partial charge in [0.1, 0.15) is 12.1 Å². The number of aromatic nitrogens is 1. The number of nitrogens with zero attached hydrogens (tertiary/aromatic N) is 2. The Bertz CT molecular complexity index is 1270. The van der Waals surface area contributed by atoms with Gasteiger partial charge in [-0.05, 0) is 42.0 Å². The molecule has 3 aromatic rings. The topological polar surface area (TPSA) is 91.4 Å². The van der Waals surface area contributed by atoms with E-state index in [-0.39, 0.29) is 17.9 Å². The summed E-state index contributed by atoms with van der Waals surface area (Å²) in [6.07, 6.45) is 2.19. The molecule has 1 spiro atoms. The summed E-state index contributed by atoms with van der Waals surface area (Å²) in [6.45, 7) is 6.03. The Morgan fingerprint density at radius 1 is 1.22 bits per heavy atom. The number of nitrogens with one attached hydrogen (secondary N) is 2. The first-order valence-electron chi connectivity index (χ1n) is 10.9. The zero-order valence-corrected chi connectivity index (χ0v) is 19.2. The molecule has 2 atom stereocenters. The van der Waals surface area contributed by atoms with Gasteiger partial charge in [-0.2, -0.15) is 0 Å². The minimum Gasteiger partial charge on any atom is -0.323 e. The van der Waals surface area contributed by atoms with Crippen LogP contribution in [0.2, 0.25) is 0 Å². The van der Waals surface area contributed by atoms with Crippen molar-refractivity contribution in [3.05, 3.63) is 36.4 Å². The minimum atomic E-state index is -0.909. The largest absolute Gasteiger partial charge is 0.325 e. The van der Waals surface area contributed by atoms with Crippen molar-refractivity contribution < 1.29 is 14.4 Å². The summed E-state index contributed by atoms with van der Waals surface area (Å²) in [5.74, 6) is -0.418. The SMILES string of the molecule is CC1CC(C)(C)CC2(C1)NC(=O)N(CC(=O)Nc1nc3c(ccc4ccccc43)s1)C2=O.